The molecule has 1 aliphatic rings. The van der Waals surface area contributed by atoms with Gasteiger partial charge in [-0.3, -0.25) is 0 Å². The zero-order chi connectivity index (χ0) is 14.0. The number of hydrogen-bond donors (Lipinski definition) is 1. The molecule has 1 aromatic rings. The monoisotopic (exact) mass is 260 g/mol. The van der Waals surface area contributed by atoms with Crippen LogP contribution in [0.25, 0.3) is 0 Å². The van der Waals surface area contributed by atoms with Crippen molar-refractivity contribution in [3.05, 3.63) is 29.3 Å². The third-order valence-electron chi connectivity index (χ3n) is 4.73. The van der Waals surface area contributed by atoms with Crippen molar-refractivity contribution < 1.29 is 0 Å². The van der Waals surface area contributed by atoms with E-state index in [0.29, 0.717) is 0 Å². The van der Waals surface area contributed by atoms with Gasteiger partial charge in [0.25, 0.3) is 0 Å². The van der Waals surface area contributed by atoms with Crippen LogP contribution < -0.4 is 10.6 Å². The van der Waals surface area contributed by atoms with Crippen molar-refractivity contribution in [2.45, 2.75) is 65.0 Å². The summed E-state index contributed by atoms with van der Waals surface area (Å²) in [4.78, 5) is 2.57. The minimum absolute atomic E-state index is 0.0491. The highest BCUT2D eigenvalue weighted by atomic mass is 15.2. The first-order valence-electron chi connectivity index (χ1n) is 7.66. The Kier molecular flexibility index (Phi) is 4.19. The predicted octanol–water partition coefficient (Wildman–Crippen LogP) is 3.52. The summed E-state index contributed by atoms with van der Waals surface area (Å²) in [5, 5.41) is 0. The molecule has 2 heteroatoms. The summed E-state index contributed by atoms with van der Waals surface area (Å²) in [6.45, 7) is 10.2. The van der Waals surface area contributed by atoms with Crippen LogP contribution in [0.15, 0.2) is 18.2 Å². The van der Waals surface area contributed by atoms with Crippen LogP contribution in [0.3, 0.4) is 0 Å². The lowest BCUT2D eigenvalue weighted by atomic mass is 9.83. The predicted molar refractivity (Wildman–Crippen MR) is 83.8 cm³/mol. The molecule has 0 aromatic heterocycles. The average Bonchev–Trinajstić information content (AvgIpc) is 2.41. The van der Waals surface area contributed by atoms with E-state index in [1.807, 2.05) is 0 Å². The minimum Gasteiger partial charge on any atom is -0.364 e. The molecule has 0 radical (unpaired) electrons. The van der Waals surface area contributed by atoms with E-state index in [4.69, 9.17) is 5.73 Å². The molecule has 0 aliphatic carbocycles. The summed E-state index contributed by atoms with van der Waals surface area (Å²) in [6, 6.07) is 6.99. The number of aryl methyl sites for hydroxylation is 2. The maximum Gasteiger partial charge on any atom is 0.0496 e. The molecule has 1 atom stereocenters. The standard InChI is InChI=1S/C17H28N2/c1-5-13-9-7-10-14(6-2)16(13)19-12-8-11-15(18)17(19,3)4/h7,9-10,15H,5-6,8,11-12,18H2,1-4H3. The van der Waals surface area contributed by atoms with Crippen molar-refractivity contribution in [1.82, 2.24) is 0 Å². The van der Waals surface area contributed by atoms with Crippen LogP contribution in [-0.4, -0.2) is 18.1 Å². The zero-order valence-electron chi connectivity index (χ0n) is 12.9. The van der Waals surface area contributed by atoms with Gasteiger partial charge in [0.05, 0.1) is 0 Å². The molecular weight excluding hydrogens is 232 g/mol. The van der Waals surface area contributed by atoms with Gasteiger partial charge in [-0.2, -0.15) is 0 Å². The second-order valence-corrected chi connectivity index (χ2v) is 6.19. The molecule has 106 valence electrons. The first kappa shape index (κ1) is 14.4. The van der Waals surface area contributed by atoms with Gasteiger partial charge in [-0.05, 0) is 50.7 Å². The maximum atomic E-state index is 6.38. The fourth-order valence-corrected chi connectivity index (χ4v) is 3.27. The molecular formula is C17H28N2. The van der Waals surface area contributed by atoms with Crippen molar-refractivity contribution in [1.29, 1.82) is 0 Å². The van der Waals surface area contributed by atoms with Gasteiger partial charge in [0.1, 0.15) is 0 Å². The van der Waals surface area contributed by atoms with Gasteiger partial charge in [0, 0.05) is 23.8 Å². The number of para-hydroxylation sites is 1. The van der Waals surface area contributed by atoms with E-state index >= 15 is 0 Å². The van der Waals surface area contributed by atoms with E-state index in [1.165, 1.54) is 23.2 Å². The fourth-order valence-electron chi connectivity index (χ4n) is 3.27. The molecule has 1 heterocycles. The van der Waals surface area contributed by atoms with Crippen LogP contribution in [0.1, 0.15) is 51.7 Å². The smallest absolute Gasteiger partial charge is 0.0496 e. The van der Waals surface area contributed by atoms with E-state index < -0.39 is 0 Å². The van der Waals surface area contributed by atoms with Crippen LogP contribution in [0.2, 0.25) is 0 Å². The number of hydrogen-bond acceptors (Lipinski definition) is 2. The van der Waals surface area contributed by atoms with Crippen molar-refractivity contribution in [3.63, 3.8) is 0 Å². The quantitative estimate of drug-likeness (QED) is 0.901. The summed E-state index contributed by atoms with van der Waals surface area (Å²) in [6.07, 6.45) is 4.51. The van der Waals surface area contributed by atoms with E-state index in [9.17, 15) is 0 Å². The Morgan fingerprint density at radius 1 is 1.21 bits per heavy atom. The largest absolute Gasteiger partial charge is 0.364 e. The first-order valence-corrected chi connectivity index (χ1v) is 7.66. The molecule has 2 N–H and O–H groups in total. The molecule has 0 amide bonds. The highest BCUT2D eigenvalue weighted by molar-refractivity contribution is 5.62. The third kappa shape index (κ3) is 2.51. The van der Waals surface area contributed by atoms with Gasteiger partial charge >= 0.3 is 0 Å². The lowest BCUT2D eigenvalue weighted by Crippen LogP contribution is -2.60. The average molecular weight is 260 g/mol. The number of nitrogens with two attached hydrogens (primary N) is 1. The zero-order valence-corrected chi connectivity index (χ0v) is 12.9. The highest BCUT2D eigenvalue weighted by Gasteiger charge is 2.37. The van der Waals surface area contributed by atoms with Crippen LogP contribution in [-0.2, 0) is 12.8 Å². The van der Waals surface area contributed by atoms with Crippen LogP contribution >= 0.6 is 0 Å². The Balaban J connectivity index is 2.50. The summed E-state index contributed by atoms with van der Waals surface area (Å²) < 4.78 is 0. The lowest BCUT2D eigenvalue weighted by Gasteiger charge is -2.49. The lowest BCUT2D eigenvalue weighted by molar-refractivity contribution is 0.309. The Hall–Kier alpha value is -1.02. The maximum absolute atomic E-state index is 6.38. The van der Waals surface area contributed by atoms with Crippen LogP contribution in [0, 0.1) is 0 Å². The van der Waals surface area contributed by atoms with Crippen LogP contribution in [0.5, 0.6) is 0 Å². The molecule has 2 nitrogen and oxygen atoms in total. The number of nitrogens with zero attached hydrogens (tertiary/aromatic N) is 1. The molecule has 0 bridgehead atoms. The molecule has 0 spiro atoms. The van der Waals surface area contributed by atoms with Crippen molar-refractivity contribution in [3.8, 4) is 0 Å². The van der Waals surface area contributed by atoms with Gasteiger partial charge in [-0.15, -0.1) is 0 Å². The van der Waals surface area contributed by atoms with E-state index in [1.54, 1.807) is 0 Å². The molecule has 1 unspecified atom stereocenters. The van der Waals surface area contributed by atoms with Crippen molar-refractivity contribution in [2.24, 2.45) is 5.73 Å². The number of anilines is 1. The summed E-state index contributed by atoms with van der Waals surface area (Å²) in [7, 11) is 0. The molecule has 19 heavy (non-hydrogen) atoms. The Morgan fingerprint density at radius 2 is 1.79 bits per heavy atom. The van der Waals surface area contributed by atoms with Gasteiger partial charge in [0.2, 0.25) is 0 Å². The molecule has 1 aromatic carbocycles. The van der Waals surface area contributed by atoms with Crippen molar-refractivity contribution in [2.75, 3.05) is 11.4 Å². The Labute approximate surface area is 118 Å². The van der Waals surface area contributed by atoms with E-state index in [0.717, 1.165) is 25.8 Å². The molecule has 2 rings (SSSR count). The molecule has 0 saturated carbocycles. The van der Waals surface area contributed by atoms with Gasteiger partial charge in [-0.1, -0.05) is 32.0 Å². The SMILES string of the molecule is CCc1cccc(CC)c1N1CCCC(N)C1(C)C. The Morgan fingerprint density at radius 3 is 2.32 bits per heavy atom. The fraction of sp³-hybridized carbons (Fsp3) is 0.647. The number of rotatable bonds is 3. The van der Waals surface area contributed by atoms with E-state index in [2.05, 4.69) is 50.8 Å². The second-order valence-electron chi connectivity index (χ2n) is 6.19. The van der Waals surface area contributed by atoms with Gasteiger partial charge in [-0.25, -0.2) is 0 Å². The summed E-state index contributed by atoms with van der Waals surface area (Å²) >= 11 is 0. The second kappa shape index (κ2) is 5.54. The van der Waals surface area contributed by atoms with Crippen LogP contribution in [0.4, 0.5) is 5.69 Å². The Bertz CT molecular complexity index is 415. The molecule has 1 aliphatic heterocycles. The van der Waals surface area contributed by atoms with Crippen molar-refractivity contribution >= 4 is 5.69 Å². The normalized spacial score (nSPS) is 22.6. The minimum atomic E-state index is 0.0491. The van der Waals surface area contributed by atoms with Gasteiger partial charge < -0.3 is 10.6 Å². The summed E-state index contributed by atoms with van der Waals surface area (Å²) in [5.41, 5.74) is 10.8. The third-order valence-corrected chi connectivity index (χ3v) is 4.73. The topological polar surface area (TPSA) is 29.3 Å². The van der Waals surface area contributed by atoms with Gasteiger partial charge in [0.15, 0.2) is 0 Å². The molecule has 1 saturated heterocycles. The van der Waals surface area contributed by atoms with E-state index in [-0.39, 0.29) is 11.6 Å². The highest BCUT2D eigenvalue weighted by Crippen LogP contribution is 2.36. The number of benzene rings is 1. The molecule has 1 fully saturated rings. The first-order chi connectivity index (χ1) is 9.02. The number of piperidine rings is 1. The summed E-state index contributed by atoms with van der Waals surface area (Å²) in [5.74, 6) is 0.